The van der Waals surface area contributed by atoms with Gasteiger partial charge in [-0.3, -0.25) is 19.3 Å². The Kier molecular flexibility index (Phi) is 5.18. The molecule has 32 heavy (non-hydrogen) atoms. The third-order valence-electron chi connectivity index (χ3n) is 6.84. The van der Waals surface area contributed by atoms with E-state index in [1.165, 1.54) is 4.90 Å². The van der Waals surface area contributed by atoms with Crippen molar-refractivity contribution in [2.45, 2.75) is 25.4 Å². The highest BCUT2D eigenvalue weighted by Crippen LogP contribution is 2.49. The van der Waals surface area contributed by atoms with Gasteiger partial charge in [0.2, 0.25) is 11.8 Å². The number of Topliss-reactive ketones (excluding diaryl/α,β-unsaturated/α-hetero) is 1. The molecule has 6 nitrogen and oxygen atoms in total. The van der Waals surface area contributed by atoms with Gasteiger partial charge in [0.25, 0.3) is 0 Å². The number of hydrogen-bond acceptors (Lipinski definition) is 5. The van der Waals surface area contributed by atoms with Crippen molar-refractivity contribution < 1.29 is 19.1 Å². The summed E-state index contributed by atoms with van der Waals surface area (Å²) >= 11 is 0. The second kappa shape index (κ2) is 8.02. The number of ketones is 1. The van der Waals surface area contributed by atoms with Crippen LogP contribution in [0.15, 0.2) is 54.6 Å². The zero-order valence-corrected chi connectivity index (χ0v) is 18.2. The van der Waals surface area contributed by atoms with Gasteiger partial charge in [-0.25, -0.2) is 0 Å². The van der Waals surface area contributed by atoms with E-state index in [-0.39, 0.29) is 23.6 Å². The third kappa shape index (κ3) is 3.09. The zero-order chi connectivity index (χ0) is 22.4. The molecule has 0 bridgehead atoms. The minimum absolute atomic E-state index is 0.118. The van der Waals surface area contributed by atoms with Crippen LogP contribution in [-0.4, -0.2) is 54.8 Å². The van der Waals surface area contributed by atoms with Crippen LogP contribution in [0.25, 0.3) is 6.08 Å². The number of fused-ring (bicyclic) bond motifs is 5. The molecule has 6 heteroatoms. The fourth-order valence-electron chi connectivity index (χ4n) is 5.35. The second-order valence-electron chi connectivity index (χ2n) is 8.72. The number of aryl methyl sites for hydroxylation is 1. The highest BCUT2D eigenvalue weighted by atomic mass is 16.5. The smallest absolute Gasteiger partial charge is 0.235 e. The standard InChI is InChI=1S/C26H26N2O4/c1-16-8-10-18(11-9-16)24(29)23-22-21(25(30)27(26(22)31)14-5-15-32-2)20-13-12-17-6-3-4-7-19(17)28(20)23/h3-4,6-13,20-23H,5,14-15H2,1-2H3. The van der Waals surface area contributed by atoms with Crippen LogP contribution in [0.2, 0.25) is 0 Å². The van der Waals surface area contributed by atoms with Gasteiger partial charge in [-0.1, -0.05) is 60.2 Å². The van der Waals surface area contributed by atoms with Crippen LogP contribution >= 0.6 is 0 Å². The third-order valence-corrected chi connectivity index (χ3v) is 6.84. The van der Waals surface area contributed by atoms with Crippen LogP contribution in [0.3, 0.4) is 0 Å². The number of imide groups is 1. The van der Waals surface area contributed by atoms with Gasteiger partial charge >= 0.3 is 0 Å². The van der Waals surface area contributed by atoms with E-state index >= 15 is 0 Å². The van der Waals surface area contributed by atoms with Crippen molar-refractivity contribution in [2.24, 2.45) is 11.8 Å². The molecule has 5 rings (SSSR count). The summed E-state index contributed by atoms with van der Waals surface area (Å²) in [7, 11) is 1.60. The molecule has 3 aliphatic rings. The molecule has 0 N–H and O–H groups in total. The lowest BCUT2D eigenvalue weighted by atomic mass is 9.86. The first-order chi connectivity index (χ1) is 15.5. The summed E-state index contributed by atoms with van der Waals surface area (Å²) in [6.07, 6.45) is 4.56. The maximum Gasteiger partial charge on any atom is 0.235 e. The summed E-state index contributed by atoms with van der Waals surface area (Å²) in [6, 6.07) is 14.2. The summed E-state index contributed by atoms with van der Waals surface area (Å²) in [5.74, 6) is -1.81. The molecule has 0 saturated carbocycles. The van der Waals surface area contributed by atoms with Crippen molar-refractivity contribution >= 4 is 29.4 Å². The van der Waals surface area contributed by atoms with Gasteiger partial charge < -0.3 is 9.64 Å². The molecular weight excluding hydrogens is 404 g/mol. The molecule has 0 spiro atoms. The number of methoxy groups -OCH3 is 1. The Bertz CT molecular complexity index is 1110. The first-order valence-electron chi connectivity index (χ1n) is 11.0. The fraction of sp³-hybridized carbons (Fsp3) is 0.346. The summed E-state index contributed by atoms with van der Waals surface area (Å²) < 4.78 is 5.10. The molecule has 2 saturated heterocycles. The Labute approximate surface area is 187 Å². The lowest BCUT2D eigenvalue weighted by molar-refractivity contribution is -0.140. The summed E-state index contributed by atoms with van der Waals surface area (Å²) in [5, 5.41) is 0. The van der Waals surface area contributed by atoms with Gasteiger partial charge in [0, 0.05) is 31.5 Å². The van der Waals surface area contributed by atoms with E-state index in [1.54, 1.807) is 7.11 Å². The molecule has 2 fully saturated rings. The highest BCUT2D eigenvalue weighted by molar-refractivity contribution is 6.14. The van der Waals surface area contributed by atoms with E-state index in [0.29, 0.717) is 25.1 Å². The van der Waals surface area contributed by atoms with Gasteiger partial charge in [-0.15, -0.1) is 0 Å². The first kappa shape index (κ1) is 20.6. The van der Waals surface area contributed by atoms with Crippen molar-refractivity contribution in [1.29, 1.82) is 0 Å². The van der Waals surface area contributed by atoms with Crippen LogP contribution in [-0.2, 0) is 14.3 Å². The van der Waals surface area contributed by atoms with E-state index in [9.17, 15) is 14.4 Å². The predicted molar refractivity (Wildman–Crippen MR) is 121 cm³/mol. The molecule has 3 aliphatic heterocycles. The number of carbonyl (C=O) groups excluding carboxylic acids is 3. The van der Waals surface area contributed by atoms with Crippen molar-refractivity contribution in [2.75, 3.05) is 25.2 Å². The van der Waals surface area contributed by atoms with Crippen molar-refractivity contribution in [1.82, 2.24) is 4.90 Å². The minimum Gasteiger partial charge on any atom is -0.385 e. The lowest BCUT2D eigenvalue weighted by Crippen LogP contribution is -2.48. The van der Waals surface area contributed by atoms with Crippen LogP contribution in [0.5, 0.6) is 0 Å². The van der Waals surface area contributed by atoms with E-state index in [2.05, 4.69) is 0 Å². The number of likely N-dealkylation sites (tertiary alicyclic amines) is 1. The maximum atomic E-state index is 13.8. The highest BCUT2D eigenvalue weighted by Gasteiger charge is 2.63. The Hall–Kier alpha value is -3.25. The van der Waals surface area contributed by atoms with Gasteiger partial charge in [-0.05, 0) is 25.0 Å². The van der Waals surface area contributed by atoms with E-state index in [4.69, 9.17) is 4.74 Å². The number of benzene rings is 2. The second-order valence-corrected chi connectivity index (χ2v) is 8.72. The number of nitrogens with zero attached hydrogens (tertiary/aromatic N) is 2. The van der Waals surface area contributed by atoms with Crippen LogP contribution < -0.4 is 4.90 Å². The average Bonchev–Trinajstić information content (AvgIpc) is 3.28. The molecule has 4 atom stereocenters. The van der Waals surface area contributed by atoms with Crippen molar-refractivity contribution in [3.05, 3.63) is 71.3 Å². The quantitative estimate of drug-likeness (QED) is 0.400. The van der Waals surface area contributed by atoms with Gasteiger partial charge in [0.05, 0.1) is 17.9 Å². The molecule has 164 valence electrons. The number of rotatable bonds is 6. The molecular formula is C26H26N2O4. The summed E-state index contributed by atoms with van der Waals surface area (Å²) in [6.45, 7) is 2.76. The monoisotopic (exact) mass is 430 g/mol. The largest absolute Gasteiger partial charge is 0.385 e. The SMILES string of the molecule is COCCCN1C(=O)C2C(C1=O)C(C(=O)c1ccc(C)cc1)N1c3ccccc3C=CC21. The average molecular weight is 431 g/mol. The normalized spacial score (nSPS) is 25.7. The topological polar surface area (TPSA) is 66.9 Å². The minimum atomic E-state index is -0.720. The molecule has 4 unspecified atom stereocenters. The number of carbonyl (C=O) groups is 3. The predicted octanol–water partition coefficient (Wildman–Crippen LogP) is 3.10. The molecule has 3 heterocycles. The van der Waals surface area contributed by atoms with Crippen molar-refractivity contribution in [3.63, 3.8) is 0 Å². The van der Waals surface area contributed by atoms with Gasteiger partial charge in [-0.2, -0.15) is 0 Å². The van der Waals surface area contributed by atoms with E-state index < -0.39 is 17.9 Å². The number of amides is 2. The number of anilines is 1. The van der Waals surface area contributed by atoms with Gasteiger partial charge in [0.15, 0.2) is 5.78 Å². The van der Waals surface area contributed by atoms with Crippen LogP contribution in [0, 0.1) is 18.8 Å². The summed E-state index contributed by atoms with van der Waals surface area (Å²) in [5.41, 5.74) is 3.50. The zero-order valence-electron chi connectivity index (χ0n) is 18.2. The number of hydrogen-bond donors (Lipinski definition) is 0. The van der Waals surface area contributed by atoms with Crippen LogP contribution in [0.4, 0.5) is 5.69 Å². The van der Waals surface area contributed by atoms with E-state index in [1.807, 2.05) is 72.5 Å². The Balaban J connectivity index is 1.58. The number of para-hydroxylation sites is 1. The molecule has 2 amide bonds. The molecule has 0 aromatic heterocycles. The summed E-state index contributed by atoms with van der Waals surface area (Å²) in [4.78, 5) is 44.1. The molecule has 2 aromatic carbocycles. The maximum absolute atomic E-state index is 13.8. The van der Waals surface area contributed by atoms with Crippen LogP contribution in [0.1, 0.15) is 27.9 Å². The molecule has 2 aromatic rings. The molecule has 0 aliphatic carbocycles. The lowest BCUT2D eigenvalue weighted by Gasteiger charge is -2.36. The van der Waals surface area contributed by atoms with E-state index in [0.717, 1.165) is 16.8 Å². The Morgan fingerprint density at radius 3 is 2.47 bits per heavy atom. The number of ether oxygens (including phenoxy) is 1. The van der Waals surface area contributed by atoms with Gasteiger partial charge in [0.1, 0.15) is 6.04 Å². The Morgan fingerprint density at radius 1 is 1.00 bits per heavy atom. The Morgan fingerprint density at radius 2 is 1.72 bits per heavy atom. The molecule has 0 radical (unpaired) electrons. The van der Waals surface area contributed by atoms with Crippen molar-refractivity contribution in [3.8, 4) is 0 Å². The first-order valence-corrected chi connectivity index (χ1v) is 11.0. The fourth-order valence-corrected chi connectivity index (χ4v) is 5.35.